The van der Waals surface area contributed by atoms with E-state index in [9.17, 15) is 4.79 Å². The van der Waals surface area contributed by atoms with Gasteiger partial charge < -0.3 is 9.32 Å². The number of amides is 1. The fourth-order valence-electron chi connectivity index (χ4n) is 2.31. The van der Waals surface area contributed by atoms with Crippen molar-refractivity contribution in [3.63, 3.8) is 0 Å². The van der Waals surface area contributed by atoms with Gasteiger partial charge in [0.2, 0.25) is 0 Å². The third-order valence-electron chi connectivity index (χ3n) is 3.43. The van der Waals surface area contributed by atoms with Gasteiger partial charge in [-0.1, -0.05) is 0 Å². The summed E-state index contributed by atoms with van der Waals surface area (Å²) in [5.74, 6) is 0.952. The van der Waals surface area contributed by atoms with Crippen LogP contribution >= 0.6 is 15.9 Å². The number of aromatic amines is 1. The second-order valence-corrected chi connectivity index (χ2v) is 5.59. The number of nitrogens with one attached hydrogen (secondary N) is 1. The molecule has 106 valence electrons. The molecule has 6 nitrogen and oxygen atoms in total. The van der Waals surface area contributed by atoms with Gasteiger partial charge in [0.05, 0.1) is 23.5 Å². The Morgan fingerprint density at radius 3 is 2.80 bits per heavy atom. The van der Waals surface area contributed by atoms with Gasteiger partial charge in [0.25, 0.3) is 5.91 Å². The van der Waals surface area contributed by atoms with Crippen LogP contribution in [0.15, 0.2) is 33.5 Å². The highest BCUT2D eigenvalue weighted by molar-refractivity contribution is 9.10. The summed E-state index contributed by atoms with van der Waals surface area (Å²) in [6.45, 7) is 3.91. The van der Waals surface area contributed by atoms with Crippen LogP contribution in [-0.4, -0.2) is 52.1 Å². The first-order chi connectivity index (χ1) is 9.74. The van der Waals surface area contributed by atoms with E-state index in [0.29, 0.717) is 23.3 Å². The van der Waals surface area contributed by atoms with Gasteiger partial charge >= 0.3 is 0 Å². The van der Waals surface area contributed by atoms with Crippen LogP contribution in [0, 0.1) is 0 Å². The predicted molar refractivity (Wildman–Crippen MR) is 76.2 cm³/mol. The van der Waals surface area contributed by atoms with Gasteiger partial charge in [0.1, 0.15) is 11.5 Å². The molecular weight excluding hydrogens is 324 g/mol. The summed E-state index contributed by atoms with van der Waals surface area (Å²) in [5, 5.41) is 6.59. The first-order valence-corrected chi connectivity index (χ1v) is 7.26. The second kappa shape index (κ2) is 5.80. The minimum absolute atomic E-state index is 0.00739. The molecule has 20 heavy (non-hydrogen) atoms. The summed E-state index contributed by atoms with van der Waals surface area (Å²) in [6, 6.07) is 3.87. The lowest BCUT2D eigenvalue weighted by molar-refractivity contribution is 0.0613. The van der Waals surface area contributed by atoms with Gasteiger partial charge in [-0.05, 0) is 28.1 Å². The van der Waals surface area contributed by atoms with Crippen molar-refractivity contribution in [3.05, 3.63) is 40.5 Å². The van der Waals surface area contributed by atoms with Crippen molar-refractivity contribution in [2.24, 2.45) is 0 Å². The number of carbonyl (C=O) groups excluding carboxylic acids is 1. The zero-order valence-corrected chi connectivity index (χ0v) is 12.5. The van der Waals surface area contributed by atoms with Gasteiger partial charge in [0.15, 0.2) is 0 Å². The number of hydrogen-bond acceptors (Lipinski definition) is 4. The van der Waals surface area contributed by atoms with E-state index >= 15 is 0 Å². The number of H-pyrrole nitrogens is 1. The van der Waals surface area contributed by atoms with Crippen LogP contribution in [0.1, 0.15) is 16.2 Å². The summed E-state index contributed by atoms with van der Waals surface area (Å²) in [7, 11) is 0. The Labute approximate surface area is 124 Å². The molecule has 2 aromatic rings. The molecule has 1 amide bonds. The molecule has 0 bridgehead atoms. The highest BCUT2D eigenvalue weighted by Gasteiger charge is 2.24. The van der Waals surface area contributed by atoms with Crippen molar-refractivity contribution in [1.29, 1.82) is 0 Å². The van der Waals surface area contributed by atoms with E-state index in [1.807, 2.05) is 17.0 Å². The van der Waals surface area contributed by atoms with E-state index in [1.54, 1.807) is 12.5 Å². The van der Waals surface area contributed by atoms with Crippen LogP contribution in [-0.2, 0) is 6.54 Å². The smallest absolute Gasteiger partial charge is 0.273 e. The number of carbonyl (C=O) groups is 1. The lowest BCUT2D eigenvalue weighted by Gasteiger charge is -2.34. The van der Waals surface area contributed by atoms with Gasteiger partial charge in [-0.15, -0.1) is 0 Å². The van der Waals surface area contributed by atoms with Crippen LogP contribution in [0.4, 0.5) is 0 Å². The van der Waals surface area contributed by atoms with Gasteiger partial charge in [-0.2, -0.15) is 5.10 Å². The molecule has 7 heteroatoms. The number of rotatable bonds is 3. The molecular formula is C13H15BrN4O2. The third-order valence-corrected chi connectivity index (χ3v) is 4.03. The largest absolute Gasteiger partial charge is 0.468 e. The van der Waals surface area contributed by atoms with Crippen LogP contribution in [0.5, 0.6) is 0 Å². The summed E-state index contributed by atoms with van der Waals surface area (Å²) in [4.78, 5) is 16.4. The van der Waals surface area contributed by atoms with Crippen LogP contribution in [0.25, 0.3) is 0 Å². The quantitative estimate of drug-likeness (QED) is 0.925. The van der Waals surface area contributed by atoms with Gasteiger partial charge in [-0.3, -0.25) is 14.8 Å². The van der Waals surface area contributed by atoms with Crippen molar-refractivity contribution in [3.8, 4) is 0 Å². The highest BCUT2D eigenvalue weighted by atomic mass is 79.9. The Balaban J connectivity index is 1.56. The lowest BCUT2D eigenvalue weighted by atomic mass is 10.2. The molecule has 0 saturated carbocycles. The van der Waals surface area contributed by atoms with Crippen LogP contribution in [0.3, 0.4) is 0 Å². The fourth-order valence-corrected chi connectivity index (χ4v) is 2.67. The molecule has 1 aliphatic rings. The Morgan fingerprint density at radius 2 is 2.20 bits per heavy atom. The molecule has 3 rings (SSSR count). The molecule has 2 aromatic heterocycles. The lowest BCUT2D eigenvalue weighted by Crippen LogP contribution is -2.48. The van der Waals surface area contributed by atoms with Crippen molar-refractivity contribution in [2.75, 3.05) is 26.2 Å². The summed E-state index contributed by atoms with van der Waals surface area (Å²) in [5.41, 5.74) is 0.518. The molecule has 1 aliphatic heterocycles. The molecule has 1 fully saturated rings. The topological polar surface area (TPSA) is 65.4 Å². The normalized spacial score (nSPS) is 16.6. The Bertz CT molecular complexity index is 573. The van der Waals surface area contributed by atoms with Gasteiger partial charge in [-0.25, -0.2) is 0 Å². The Hall–Kier alpha value is -1.60. The number of piperazine rings is 1. The van der Waals surface area contributed by atoms with E-state index < -0.39 is 0 Å². The SMILES string of the molecule is O=C(c1[nH]ncc1Br)N1CCN(Cc2ccco2)CC1. The average Bonchev–Trinajstić information content (AvgIpc) is 3.10. The van der Waals surface area contributed by atoms with E-state index in [2.05, 4.69) is 31.0 Å². The van der Waals surface area contributed by atoms with Crippen molar-refractivity contribution < 1.29 is 9.21 Å². The van der Waals surface area contributed by atoms with Crippen molar-refractivity contribution in [2.45, 2.75) is 6.54 Å². The van der Waals surface area contributed by atoms with Crippen LogP contribution < -0.4 is 0 Å². The first-order valence-electron chi connectivity index (χ1n) is 6.47. The summed E-state index contributed by atoms with van der Waals surface area (Å²) >= 11 is 3.32. The maximum absolute atomic E-state index is 12.3. The van der Waals surface area contributed by atoms with Crippen molar-refractivity contribution in [1.82, 2.24) is 20.0 Å². The molecule has 0 atom stereocenters. The molecule has 3 heterocycles. The highest BCUT2D eigenvalue weighted by Crippen LogP contribution is 2.16. The molecule has 1 N–H and O–H groups in total. The number of halogens is 1. The average molecular weight is 339 g/mol. The molecule has 1 saturated heterocycles. The van der Waals surface area contributed by atoms with Crippen molar-refractivity contribution >= 4 is 21.8 Å². The van der Waals surface area contributed by atoms with E-state index in [1.165, 1.54) is 0 Å². The third kappa shape index (κ3) is 2.78. The Kier molecular flexibility index (Phi) is 3.88. The maximum atomic E-state index is 12.3. The summed E-state index contributed by atoms with van der Waals surface area (Å²) < 4.78 is 6.05. The maximum Gasteiger partial charge on any atom is 0.273 e. The molecule has 0 aliphatic carbocycles. The number of furan rings is 1. The van der Waals surface area contributed by atoms with Gasteiger partial charge in [0, 0.05) is 26.2 Å². The predicted octanol–water partition coefficient (Wildman–Crippen LogP) is 1.72. The minimum atomic E-state index is -0.00739. The zero-order chi connectivity index (χ0) is 13.9. The van der Waals surface area contributed by atoms with E-state index in [-0.39, 0.29) is 5.91 Å². The summed E-state index contributed by atoms with van der Waals surface area (Å²) in [6.07, 6.45) is 3.28. The number of aromatic nitrogens is 2. The van der Waals surface area contributed by atoms with Crippen LogP contribution in [0.2, 0.25) is 0 Å². The Morgan fingerprint density at radius 1 is 1.40 bits per heavy atom. The molecule has 0 unspecified atom stereocenters. The monoisotopic (exact) mass is 338 g/mol. The molecule has 0 aromatic carbocycles. The molecule has 0 spiro atoms. The number of nitrogens with zero attached hydrogens (tertiary/aromatic N) is 3. The standard InChI is InChI=1S/C13H15BrN4O2/c14-11-8-15-16-12(11)13(19)18-5-3-17(4-6-18)9-10-2-1-7-20-10/h1-2,7-8H,3-6,9H2,(H,15,16). The first kappa shape index (κ1) is 13.4. The number of hydrogen-bond donors (Lipinski definition) is 1. The van der Waals surface area contributed by atoms with E-state index in [0.717, 1.165) is 25.4 Å². The minimum Gasteiger partial charge on any atom is -0.468 e. The van der Waals surface area contributed by atoms with E-state index in [4.69, 9.17) is 4.42 Å². The molecule has 0 radical (unpaired) electrons. The fraction of sp³-hybridized carbons (Fsp3) is 0.385. The second-order valence-electron chi connectivity index (χ2n) is 4.74. The zero-order valence-electron chi connectivity index (χ0n) is 10.9.